The Morgan fingerprint density at radius 1 is 1.12 bits per heavy atom. The highest BCUT2D eigenvalue weighted by Crippen LogP contribution is 2.26. The molecule has 0 aromatic heterocycles. The summed E-state index contributed by atoms with van der Waals surface area (Å²) >= 11 is 5.81. The molecule has 132 valence electrons. The Bertz CT molecular complexity index is 756. The highest BCUT2D eigenvalue weighted by atomic mass is 35.5. The number of hydrogen-bond donors (Lipinski definition) is 1. The van der Waals surface area contributed by atoms with Gasteiger partial charge in [0.1, 0.15) is 5.75 Å². The van der Waals surface area contributed by atoms with E-state index in [-0.39, 0.29) is 30.6 Å². The van der Waals surface area contributed by atoms with Crippen molar-refractivity contribution in [1.82, 2.24) is 5.32 Å². The molecule has 1 unspecified atom stereocenters. The van der Waals surface area contributed by atoms with Crippen LogP contribution < -0.4 is 10.1 Å². The number of nitrogens with one attached hydrogen (secondary N) is 1. The molecule has 0 bridgehead atoms. The van der Waals surface area contributed by atoms with Crippen LogP contribution in [-0.2, 0) is 4.79 Å². The lowest BCUT2D eigenvalue weighted by molar-refractivity contribution is -0.121. The van der Waals surface area contributed by atoms with Crippen molar-refractivity contribution >= 4 is 23.3 Å². The molecule has 0 saturated heterocycles. The number of aryl methyl sites for hydroxylation is 1. The quantitative estimate of drug-likeness (QED) is 0.740. The second-order valence-electron chi connectivity index (χ2n) is 5.96. The Balaban J connectivity index is 1.92. The lowest BCUT2D eigenvalue weighted by Gasteiger charge is -2.18. The maximum atomic E-state index is 12.2. The van der Waals surface area contributed by atoms with E-state index in [0.29, 0.717) is 10.6 Å². The average molecular weight is 360 g/mol. The summed E-state index contributed by atoms with van der Waals surface area (Å²) in [5.41, 5.74) is 2.57. The summed E-state index contributed by atoms with van der Waals surface area (Å²) in [5.74, 6) is 0.488. The standard InChI is InChI=1S/C20H22ClNO3/c1-13-4-10-19(25-3)17(12-13)14(2)22-20(24)11-9-18(23)15-5-7-16(21)8-6-15/h4-8,10,12,14H,9,11H2,1-3H3,(H,22,24). The van der Waals surface area contributed by atoms with E-state index in [0.717, 1.165) is 16.9 Å². The van der Waals surface area contributed by atoms with Crippen molar-refractivity contribution in [3.05, 3.63) is 64.2 Å². The van der Waals surface area contributed by atoms with Gasteiger partial charge < -0.3 is 10.1 Å². The van der Waals surface area contributed by atoms with E-state index in [1.54, 1.807) is 31.4 Å². The second-order valence-corrected chi connectivity index (χ2v) is 6.40. The van der Waals surface area contributed by atoms with Crippen LogP contribution in [-0.4, -0.2) is 18.8 Å². The fourth-order valence-electron chi connectivity index (χ4n) is 2.59. The van der Waals surface area contributed by atoms with Crippen LogP contribution in [0.1, 0.15) is 47.3 Å². The summed E-state index contributed by atoms with van der Waals surface area (Å²) in [7, 11) is 1.60. The number of carbonyl (C=O) groups excluding carboxylic acids is 2. The van der Waals surface area contributed by atoms with Crippen LogP contribution in [0.5, 0.6) is 5.75 Å². The van der Waals surface area contributed by atoms with E-state index < -0.39 is 0 Å². The first-order valence-corrected chi connectivity index (χ1v) is 8.51. The fourth-order valence-corrected chi connectivity index (χ4v) is 2.72. The molecule has 0 aliphatic carbocycles. The molecule has 0 radical (unpaired) electrons. The smallest absolute Gasteiger partial charge is 0.220 e. The molecule has 0 saturated carbocycles. The minimum Gasteiger partial charge on any atom is -0.496 e. The van der Waals surface area contributed by atoms with Crippen molar-refractivity contribution < 1.29 is 14.3 Å². The summed E-state index contributed by atoms with van der Waals surface area (Å²) < 4.78 is 5.35. The third-order valence-electron chi connectivity index (χ3n) is 3.97. The molecule has 2 rings (SSSR count). The SMILES string of the molecule is COc1ccc(C)cc1C(C)NC(=O)CCC(=O)c1ccc(Cl)cc1. The van der Waals surface area contributed by atoms with Crippen molar-refractivity contribution in [2.75, 3.05) is 7.11 Å². The van der Waals surface area contributed by atoms with Gasteiger partial charge >= 0.3 is 0 Å². The van der Waals surface area contributed by atoms with Crippen LogP contribution in [0, 0.1) is 6.92 Å². The van der Waals surface area contributed by atoms with E-state index in [4.69, 9.17) is 16.3 Å². The molecule has 25 heavy (non-hydrogen) atoms. The van der Waals surface area contributed by atoms with Gasteiger partial charge in [0, 0.05) is 29.0 Å². The van der Waals surface area contributed by atoms with Crippen molar-refractivity contribution in [3.63, 3.8) is 0 Å². The van der Waals surface area contributed by atoms with Crippen LogP contribution in [0.25, 0.3) is 0 Å². The predicted octanol–water partition coefficient (Wildman–Crippen LogP) is 4.50. The van der Waals surface area contributed by atoms with Gasteiger partial charge in [-0.05, 0) is 44.2 Å². The summed E-state index contributed by atoms with van der Waals surface area (Å²) in [6, 6.07) is 12.3. The Morgan fingerprint density at radius 2 is 1.80 bits per heavy atom. The minimum absolute atomic E-state index is 0.0763. The normalized spacial score (nSPS) is 11.7. The summed E-state index contributed by atoms with van der Waals surface area (Å²) in [5, 5.41) is 3.50. The zero-order valence-corrected chi connectivity index (χ0v) is 15.4. The van der Waals surface area contributed by atoms with Crippen LogP contribution in [0.2, 0.25) is 5.02 Å². The minimum atomic E-state index is -0.201. The molecule has 1 amide bonds. The number of methoxy groups -OCH3 is 1. The molecule has 0 fully saturated rings. The number of ketones is 1. The number of hydrogen-bond acceptors (Lipinski definition) is 3. The van der Waals surface area contributed by atoms with Gasteiger partial charge in [0.05, 0.1) is 13.2 Å². The van der Waals surface area contributed by atoms with Gasteiger partial charge in [0.15, 0.2) is 5.78 Å². The van der Waals surface area contributed by atoms with Gasteiger partial charge in [-0.25, -0.2) is 0 Å². The number of halogens is 1. The number of Topliss-reactive ketones (excluding diaryl/α,β-unsaturated/α-hetero) is 1. The number of ether oxygens (including phenoxy) is 1. The molecular formula is C20H22ClNO3. The number of amides is 1. The van der Waals surface area contributed by atoms with E-state index in [1.807, 2.05) is 32.0 Å². The Morgan fingerprint density at radius 3 is 2.44 bits per heavy atom. The molecule has 5 heteroatoms. The van der Waals surface area contributed by atoms with Gasteiger partial charge in [0.2, 0.25) is 5.91 Å². The van der Waals surface area contributed by atoms with Crippen molar-refractivity contribution in [1.29, 1.82) is 0 Å². The van der Waals surface area contributed by atoms with E-state index >= 15 is 0 Å². The molecule has 1 atom stereocenters. The van der Waals surface area contributed by atoms with Gasteiger partial charge in [-0.2, -0.15) is 0 Å². The first-order valence-electron chi connectivity index (χ1n) is 8.13. The molecule has 0 spiro atoms. The Labute approximate surface area is 153 Å². The molecule has 0 aliphatic heterocycles. The van der Waals surface area contributed by atoms with Crippen LogP contribution in [0.15, 0.2) is 42.5 Å². The van der Waals surface area contributed by atoms with Gasteiger partial charge in [-0.1, -0.05) is 29.3 Å². The monoisotopic (exact) mass is 359 g/mol. The second kappa shape index (κ2) is 8.67. The molecule has 2 aromatic carbocycles. The molecule has 0 aliphatic rings. The van der Waals surface area contributed by atoms with E-state index in [9.17, 15) is 9.59 Å². The van der Waals surface area contributed by atoms with Gasteiger partial charge in [0.25, 0.3) is 0 Å². The number of rotatable bonds is 7. The summed E-state index contributed by atoms with van der Waals surface area (Å²) in [6.07, 6.45) is 0.297. The molecule has 0 heterocycles. The molecule has 2 aromatic rings. The zero-order chi connectivity index (χ0) is 18.4. The van der Waals surface area contributed by atoms with Gasteiger partial charge in [-0.15, -0.1) is 0 Å². The van der Waals surface area contributed by atoms with Crippen molar-refractivity contribution in [2.45, 2.75) is 32.7 Å². The fraction of sp³-hybridized carbons (Fsp3) is 0.300. The van der Waals surface area contributed by atoms with Crippen molar-refractivity contribution in [3.8, 4) is 5.75 Å². The highest BCUT2D eigenvalue weighted by molar-refractivity contribution is 6.30. The van der Waals surface area contributed by atoms with E-state index in [1.165, 1.54) is 0 Å². The number of carbonyl (C=O) groups is 2. The summed E-state index contributed by atoms with van der Waals surface area (Å²) in [6.45, 7) is 3.89. The third-order valence-corrected chi connectivity index (χ3v) is 4.23. The van der Waals surface area contributed by atoms with E-state index in [2.05, 4.69) is 5.32 Å². The molecule has 1 N–H and O–H groups in total. The average Bonchev–Trinajstić information content (AvgIpc) is 2.60. The largest absolute Gasteiger partial charge is 0.496 e. The topological polar surface area (TPSA) is 55.4 Å². The first-order chi connectivity index (χ1) is 11.9. The lowest BCUT2D eigenvalue weighted by Crippen LogP contribution is -2.27. The van der Waals surface area contributed by atoms with Crippen molar-refractivity contribution in [2.24, 2.45) is 0 Å². The molecular weight excluding hydrogens is 338 g/mol. The lowest BCUT2D eigenvalue weighted by atomic mass is 10.0. The third kappa shape index (κ3) is 5.33. The Kier molecular flexibility index (Phi) is 6.59. The summed E-state index contributed by atoms with van der Waals surface area (Å²) in [4.78, 5) is 24.3. The number of benzene rings is 2. The van der Waals surface area contributed by atoms with Gasteiger partial charge in [-0.3, -0.25) is 9.59 Å². The predicted molar refractivity (Wildman–Crippen MR) is 99.3 cm³/mol. The zero-order valence-electron chi connectivity index (χ0n) is 14.6. The van der Waals surface area contributed by atoms with Crippen LogP contribution in [0.3, 0.4) is 0 Å². The highest BCUT2D eigenvalue weighted by Gasteiger charge is 2.15. The molecule has 4 nitrogen and oxygen atoms in total. The maximum Gasteiger partial charge on any atom is 0.220 e. The van der Waals surface area contributed by atoms with Crippen LogP contribution >= 0.6 is 11.6 Å². The Hall–Kier alpha value is -2.33. The first kappa shape index (κ1) is 19.0. The maximum absolute atomic E-state index is 12.2. The van der Waals surface area contributed by atoms with Crippen LogP contribution in [0.4, 0.5) is 0 Å².